The van der Waals surface area contributed by atoms with Crippen molar-refractivity contribution in [2.75, 3.05) is 0 Å². The van der Waals surface area contributed by atoms with Crippen molar-refractivity contribution in [2.24, 2.45) is 0 Å². The van der Waals surface area contributed by atoms with E-state index in [1.165, 1.54) is 23.6 Å². The molecule has 0 aliphatic rings. The second-order valence-corrected chi connectivity index (χ2v) is 6.95. The minimum absolute atomic E-state index is 0.0540. The maximum atomic E-state index is 12.5. The van der Waals surface area contributed by atoms with E-state index in [0.29, 0.717) is 26.8 Å². The summed E-state index contributed by atoms with van der Waals surface area (Å²) in [4.78, 5) is 14.1. The topological polar surface area (TPSA) is 30.2 Å². The standard InChI is InChI=1S/C18H15ClO2S/c1-11(2)12-3-6-14(7-4-12)22-17-10-21-16-8-5-13(19)9-15(16)18(17)20/h3-11H,1-2H3. The quantitative estimate of drug-likeness (QED) is 0.615. The highest BCUT2D eigenvalue weighted by Gasteiger charge is 2.09. The summed E-state index contributed by atoms with van der Waals surface area (Å²) in [7, 11) is 0. The lowest BCUT2D eigenvalue weighted by Gasteiger charge is -2.07. The molecule has 1 heterocycles. The Labute approximate surface area is 138 Å². The number of halogens is 1. The summed E-state index contributed by atoms with van der Waals surface area (Å²) in [5.74, 6) is 0.493. The molecule has 2 aromatic carbocycles. The van der Waals surface area contributed by atoms with Gasteiger partial charge in [-0.05, 0) is 41.8 Å². The van der Waals surface area contributed by atoms with Gasteiger partial charge in [-0.25, -0.2) is 0 Å². The molecule has 0 radical (unpaired) electrons. The molecule has 112 valence electrons. The zero-order chi connectivity index (χ0) is 15.7. The lowest BCUT2D eigenvalue weighted by atomic mass is 10.0. The van der Waals surface area contributed by atoms with Crippen LogP contribution in [-0.2, 0) is 0 Å². The van der Waals surface area contributed by atoms with E-state index < -0.39 is 0 Å². The minimum atomic E-state index is -0.0540. The first-order valence-electron chi connectivity index (χ1n) is 7.03. The third-order valence-electron chi connectivity index (χ3n) is 3.48. The van der Waals surface area contributed by atoms with Gasteiger partial charge in [-0.3, -0.25) is 4.79 Å². The summed E-state index contributed by atoms with van der Waals surface area (Å²) in [6.45, 7) is 4.31. The fourth-order valence-corrected chi connectivity index (χ4v) is 3.20. The smallest absolute Gasteiger partial charge is 0.206 e. The largest absolute Gasteiger partial charge is 0.463 e. The van der Waals surface area contributed by atoms with Gasteiger partial charge in [0.2, 0.25) is 5.43 Å². The molecule has 0 bridgehead atoms. The lowest BCUT2D eigenvalue weighted by Crippen LogP contribution is -2.03. The molecule has 0 atom stereocenters. The summed E-state index contributed by atoms with van der Waals surface area (Å²) in [5, 5.41) is 1.04. The van der Waals surface area contributed by atoms with Crippen LogP contribution in [0.5, 0.6) is 0 Å². The van der Waals surface area contributed by atoms with Crippen LogP contribution in [0, 0.1) is 0 Å². The van der Waals surface area contributed by atoms with Gasteiger partial charge in [-0.15, -0.1) is 0 Å². The number of rotatable bonds is 3. The van der Waals surface area contributed by atoms with Crippen LogP contribution >= 0.6 is 23.4 Å². The summed E-state index contributed by atoms with van der Waals surface area (Å²) < 4.78 is 5.53. The van der Waals surface area contributed by atoms with Crippen molar-refractivity contribution in [3.05, 3.63) is 69.5 Å². The first kappa shape index (κ1) is 15.2. The molecule has 0 spiro atoms. The normalized spacial score (nSPS) is 11.3. The zero-order valence-electron chi connectivity index (χ0n) is 12.3. The van der Waals surface area contributed by atoms with Gasteiger partial charge < -0.3 is 4.42 Å². The van der Waals surface area contributed by atoms with E-state index in [4.69, 9.17) is 16.0 Å². The monoisotopic (exact) mass is 330 g/mol. The van der Waals surface area contributed by atoms with Crippen LogP contribution in [0.15, 0.2) is 67.7 Å². The van der Waals surface area contributed by atoms with E-state index in [2.05, 4.69) is 26.0 Å². The second-order valence-electron chi connectivity index (χ2n) is 5.40. The lowest BCUT2D eigenvalue weighted by molar-refractivity contribution is 0.587. The molecule has 22 heavy (non-hydrogen) atoms. The Morgan fingerprint density at radius 1 is 1.09 bits per heavy atom. The van der Waals surface area contributed by atoms with Crippen LogP contribution in [0.4, 0.5) is 0 Å². The van der Waals surface area contributed by atoms with Crippen molar-refractivity contribution in [3.8, 4) is 0 Å². The average molecular weight is 331 g/mol. The zero-order valence-corrected chi connectivity index (χ0v) is 13.9. The molecule has 2 nitrogen and oxygen atoms in total. The van der Waals surface area contributed by atoms with Crippen LogP contribution in [-0.4, -0.2) is 0 Å². The minimum Gasteiger partial charge on any atom is -0.463 e. The van der Waals surface area contributed by atoms with E-state index in [0.717, 1.165) is 4.90 Å². The van der Waals surface area contributed by atoms with Gasteiger partial charge in [0, 0.05) is 9.92 Å². The molecule has 0 fully saturated rings. The van der Waals surface area contributed by atoms with E-state index in [1.807, 2.05) is 12.1 Å². The first-order chi connectivity index (χ1) is 10.5. The molecule has 0 saturated heterocycles. The maximum Gasteiger partial charge on any atom is 0.206 e. The van der Waals surface area contributed by atoms with Crippen LogP contribution in [0.1, 0.15) is 25.3 Å². The Morgan fingerprint density at radius 3 is 2.50 bits per heavy atom. The molecule has 1 aromatic heterocycles. The van der Waals surface area contributed by atoms with E-state index in [9.17, 15) is 4.79 Å². The summed E-state index contributed by atoms with van der Waals surface area (Å²) in [6, 6.07) is 13.3. The van der Waals surface area contributed by atoms with Gasteiger partial charge in [0.05, 0.1) is 10.3 Å². The SMILES string of the molecule is CC(C)c1ccc(Sc2coc3ccc(Cl)cc3c2=O)cc1. The molecule has 3 rings (SSSR count). The molecule has 0 saturated carbocycles. The van der Waals surface area contributed by atoms with E-state index in [1.54, 1.807) is 18.2 Å². The van der Waals surface area contributed by atoms with Crippen LogP contribution in [0.3, 0.4) is 0 Å². The van der Waals surface area contributed by atoms with Gasteiger partial charge in [0.1, 0.15) is 11.8 Å². The maximum absolute atomic E-state index is 12.5. The van der Waals surface area contributed by atoms with Gasteiger partial charge in [-0.2, -0.15) is 0 Å². The van der Waals surface area contributed by atoms with Crippen molar-refractivity contribution in [3.63, 3.8) is 0 Å². The summed E-state index contributed by atoms with van der Waals surface area (Å²) in [5.41, 5.74) is 1.78. The van der Waals surface area contributed by atoms with Crippen LogP contribution in [0.2, 0.25) is 5.02 Å². The van der Waals surface area contributed by atoms with E-state index >= 15 is 0 Å². The number of benzene rings is 2. The molecule has 0 aliphatic heterocycles. The van der Waals surface area contributed by atoms with Gasteiger partial charge in [0.25, 0.3) is 0 Å². The summed E-state index contributed by atoms with van der Waals surface area (Å²) >= 11 is 7.37. The van der Waals surface area contributed by atoms with Crippen molar-refractivity contribution >= 4 is 34.3 Å². The molecule has 0 aliphatic carbocycles. The Balaban J connectivity index is 1.97. The molecule has 4 heteroatoms. The van der Waals surface area contributed by atoms with Gasteiger partial charge in [-0.1, -0.05) is 49.3 Å². The van der Waals surface area contributed by atoms with Crippen LogP contribution in [0.25, 0.3) is 11.0 Å². The molecule has 0 amide bonds. The van der Waals surface area contributed by atoms with Crippen molar-refractivity contribution in [1.82, 2.24) is 0 Å². The highest BCUT2D eigenvalue weighted by molar-refractivity contribution is 7.99. The van der Waals surface area contributed by atoms with Gasteiger partial charge in [0.15, 0.2) is 0 Å². The second kappa shape index (κ2) is 6.19. The fraction of sp³-hybridized carbons (Fsp3) is 0.167. The van der Waals surface area contributed by atoms with Gasteiger partial charge >= 0.3 is 0 Å². The number of hydrogen-bond donors (Lipinski definition) is 0. The van der Waals surface area contributed by atoms with Crippen molar-refractivity contribution in [2.45, 2.75) is 29.6 Å². The Kier molecular flexibility index (Phi) is 4.27. The third-order valence-corrected chi connectivity index (χ3v) is 4.72. The summed E-state index contributed by atoms with van der Waals surface area (Å²) in [6.07, 6.45) is 1.51. The first-order valence-corrected chi connectivity index (χ1v) is 8.23. The Bertz CT molecular complexity index is 866. The predicted octanol–water partition coefficient (Wildman–Crippen LogP) is 5.72. The Morgan fingerprint density at radius 2 is 1.82 bits per heavy atom. The third kappa shape index (κ3) is 3.06. The molecular weight excluding hydrogens is 316 g/mol. The number of hydrogen-bond acceptors (Lipinski definition) is 3. The average Bonchev–Trinajstić information content (AvgIpc) is 2.51. The Hall–Kier alpha value is -1.71. The molecule has 0 N–H and O–H groups in total. The predicted molar refractivity (Wildman–Crippen MR) is 92.1 cm³/mol. The molecule has 3 aromatic rings. The van der Waals surface area contributed by atoms with Crippen molar-refractivity contribution < 1.29 is 4.42 Å². The van der Waals surface area contributed by atoms with E-state index in [-0.39, 0.29) is 5.43 Å². The highest BCUT2D eigenvalue weighted by atomic mass is 35.5. The molecule has 0 unspecified atom stereocenters. The fourth-order valence-electron chi connectivity index (χ4n) is 2.20. The highest BCUT2D eigenvalue weighted by Crippen LogP contribution is 2.28. The molecular formula is C18H15ClO2S. The van der Waals surface area contributed by atoms with Crippen LogP contribution < -0.4 is 5.43 Å². The van der Waals surface area contributed by atoms with Crippen molar-refractivity contribution in [1.29, 1.82) is 0 Å². The number of fused-ring (bicyclic) bond motifs is 1.